The first-order valence-electron chi connectivity index (χ1n) is 22.1. The second-order valence-corrected chi connectivity index (χ2v) is 16.0. The second kappa shape index (κ2) is 41.6. The first-order chi connectivity index (χ1) is 26.8. The van der Waals surface area contributed by atoms with Crippen LogP contribution in [-0.4, -0.2) is 49.3 Å². The minimum absolute atomic E-state index is 0.0452. The van der Waals surface area contributed by atoms with Crippen LogP contribution in [0, 0.1) is 0 Å². The van der Waals surface area contributed by atoms with Gasteiger partial charge >= 0.3 is 19.8 Å². The van der Waals surface area contributed by atoms with Crippen LogP contribution in [0.2, 0.25) is 0 Å². The van der Waals surface area contributed by atoms with Crippen LogP contribution >= 0.6 is 7.82 Å². The van der Waals surface area contributed by atoms with Crippen LogP contribution in [0.25, 0.3) is 0 Å². The predicted molar refractivity (Wildman–Crippen MR) is 229 cm³/mol. The summed E-state index contributed by atoms with van der Waals surface area (Å²) in [6, 6.07) is 0. The van der Waals surface area contributed by atoms with E-state index in [2.05, 4.69) is 62.5 Å². The Morgan fingerprint density at radius 1 is 0.545 bits per heavy atom. The largest absolute Gasteiger partial charge is 0.472 e. The minimum atomic E-state index is -4.39. The number of carbonyl (C=O) groups excluding carboxylic acids is 2. The summed E-state index contributed by atoms with van der Waals surface area (Å²) in [5.74, 6) is -0.894. The average molecular weight is 796 g/mol. The number of nitrogens with two attached hydrogens (primary N) is 1. The summed E-state index contributed by atoms with van der Waals surface area (Å²) < 4.78 is 32.7. The van der Waals surface area contributed by atoms with Crippen LogP contribution in [0.5, 0.6) is 0 Å². The molecule has 0 aliphatic carbocycles. The van der Waals surface area contributed by atoms with Gasteiger partial charge in [0.1, 0.15) is 6.61 Å². The van der Waals surface area contributed by atoms with Crippen LogP contribution in [0.4, 0.5) is 0 Å². The molecule has 0 amide bonds. The summed E-state index contributed by atoms with van der Waals surface area (Å²) >= 11 is 0. The molecule has 2 atom stereocenters. The first-order valence-corrected chi connectivity index (χ1v) is 23.6. The summed E-state index contributed by atoms with van der Waals surface area (Å²) in [6.45, 7) is 3.66. The molecule has 55 heavy (non-hydrogen) atoms. The normalized spacial score (nSPS) is 13.7. The summed E-state index contributed by atoms with van der Waals surface area (Å²) in [5, 5.41) is 0. The Hall–Kier alpha value is -2.03. The molecule has 0 heterocycles. The monoisotopic (exact) mass is 796 g/mol. The zero-order valence-electron chi connectivity index (χ0n) is 35.2. The van der Waals surface area contributed by atoms with Crippen molar-refractivity contribution in [2.75, 3.05) is 26.4 Å². The van der Waals surface area contributed by atoms with Gasteiger partial charge in [-0.05, 0) is 70.6 Å². The van der Waals surface area contributed by atoms with Crippen molar-refractivity contribution >= 4 is 19.8 Å². The summed E-state index contributed by atoms with van der Waals surface area (Å²) in [5.41, 5.74) is 5.34. The Balaban J connectivity index is 4.23. The number of phosphoric acid groups is 1. The van der Waals surface area contributed by atoms with E-state index in [1.165, 1.54) is 103 Å². The molecule has 0 aliphatic rings. The maximum absolute atomic E-state index is 12.6. The van der Waals surface area contributed by atoms with Gasteiger partial charge in [0, 0.05) is 19.4 Å². The Morgan fingerprint density at radius 2 is 0.964 bits per heavy atom. The molecule has 0 saturated heterocycles. The van der Waals surface area contributed by atoms with Gasteiger partial charge in [-0.1, -0.05) is 159 Å². The van der Waals surface area contributed by atoms with Crippen LogP contribution in [-0.2, 0) is 32.7 Å². The van der Waals surface area contributed by atoms with E-state index in [4.69, 9.17) is 24.3 Å². The molecule has 10 heteroatoms. The van der Waals surface area contributed by atoms with Gasteiger partial charge in [0.05, 0.1) is 13.2 Å². The van der Waals surface area contributed by atoms with Crippen LogP contribution in [0.3, 0.4) is 0 Å². The van der Waals surface area contributed by atoms with E-state index in [0.717, 1.165) is 51.4 Å². The van der Waals surface area contributed by atoms with Gasteiger partial charge in [-0.3, -0.25) is 18.6 Å². The third-order valence-electron chi connectivity index (χ3n) is 9.19. The standard InChI is InChI=1S/C45H82NO8P/c1-3-5-7-9-11-13-15-17-19-21-23-25-27-29-31-33-35-37-44(47)51-41-43(42-53-55(49,50)52-40-39-46)54-45(48)38-36-34-32-30-28-26-24-22-20-18-16-14-12-10-8-6-4-2/h17-20,23,25,29,31,43H,3-16,21-22,24,26-28,30,32-42,46H2,1-2H3,(H,49,50)/t43-/m1/s1. The van der Waals surface area contributed by atoms with Crippen molar-refractivity contribution in [1.82, 2.24) is 0 Å². The molecule has 9 nitrogen and oxygen atoms in total. The number of ether oxygens (including phenoxy) is 2. The summed E-state index contributed by atoms with van der Waals surface area (Å²) in [6.07, 6.45) is 47.2. The fourth-order valence-electron chi connectivity index (χ4n) is 5.88. The summed E-state index contributed by atoms with van der Waals surface area (Å²) in [7, 11) is -4.39. The van der Waals surface area contributed by atoms with Gasteiger partial charge in [0.15, 0.2) is 6.10 Å². The fraction of sp³-hybridized carbons (Fsp3) is 0.778. The Kier molecular flexibility index (Phi) is 40.1. The van der Waals surface area contributed by atoms with Crippen molar-refractivity contribution in [1.29, 1.82) is 0 Å². The van der Waals surface area contributed by atoms with E-state index in [0.29, 0.717) is 12.8 Å². The van der Waals surface area contributed by atoms with Crippen molar-refractivity contribution in [3.8, 4) is 0 Å². The van der Waals surface area contributed by atoms with Crippen molar-refractivity contribution in [3.63, 3.8) is 0 Å². The molecule has 0 spiro atoms. The lowest BCUT2D eigenvalue weighted by Crippen LogP contribution is -2.29. The Morgan fingerprint density at radius 3 is 1.47 bits per heavy atom. The van der Waals surface area contributed by atoms with E-state index < -0.39 is 32.5 Å². The lowest BCUT2D eigenvalue weighted by molar-refractivity contribution is -0.161. The highest BCUT2D eigenvalue weighted by atomic mass is 31.2. The van der Waals surface area contributed by atoms with E-state index >= 15 is 0 Å². The first kappa shape index (κ1) is 53.0. The van der Waals surface area contributed by atoms with Gasteiger partial charge < -0.3 is 20.1 Å². The quantitative estimate of drug-likeness (QED) is 0.0268. The van der Waals surface area contributed by atoms with Crippen molar-refractivity contribution in [2.24, 2.45) is 5.73 Å². The molecule has 0 rings (SSSR count). The number of rotatable bonds is 41. The van der Waals surface area contributed by atoms with Crippen LogP contribution in [0.1, 0.15) is 194 Å². The van der Waals surface area contributed by atoms with Crippen LogP contribution in [0.15, 0.2) is 48.6 Å². The maximum atomic E-state index is 12.6. The molecule has 0 bridgehead atoms. The van der Waals surface area contributed by atoms with Crippen molar-refractivity contribution < 1.29 is 37.6 Å². The SMILES string of the molecule is CCCCCCCCC=CCC=CCC=CCCCC(=O)OC[C@H](COP(=O)(O)OCCN)OC(=O)CCCCCCCCCC=CCCCCCCCC. The molecule has 320 valence electrons. The molecule has 0 aliphatic heterocycles. The molecule has 1 unspecified atom stereocenters. The lowest BCUT2D eigenvalue weighted by Gasteiger charge is -2.19. The number of esters is 2. The third kappa shape index (κ3) is 41.4. The zero-order chi connectivity index (χ0) is 40.3. The fourth-order valence-corrected chi connectivity index (χ4v) is 6.65. The van der Waals surface area contributed by atoms with E-state index in [1.807, 2.05) is 0 Å². The number of carbonyl (C=O) groups is 2. The number of phosphoric ester groups is 1. The number of unbranched alkanes of at least 4 members (excludes halogenated alkanes) is 20. The molecule has 0 fully saturated rings. The van der Waals surface area contributed by atoms with Crippen LogP contribution < -0.4 is 5.73 Å². The molecule has 0 aromatic carbocycles. The molecule has 0 aromatic heterocycles. The van der Waals surface area contributed by atoms with Gasteiger partial charge in [-0.15, -0.1) is 0 Å². The smallest absolute Gasteiger partial charge is 0.462 e. The van der Waals surface area contributed by atoms with E-state index in [-0.39, 0.29) is 32.6 Å². The maximum Gasteiger partial charge on any atom is 0.472 e. The van der Waals surface area contributed by atoms with Gasteiger partial charge in [-0.25, -0.2) is 4.57 Å². The average Bonchev–Trinajstić information content (AvgIpc) is 3.17. The minimum Gasteiger partial charge on any atom is -0.462 e. The molecular formula is C45H82NO8P. The highest BCUT2D eigenvalue weighted by molar-refractivity contribution is 7.47. The third-order valence-corrected chi connectivity index (χ3v) is 10.2. The number of allylic oxidation sites excluding steroid dienone is 8. The molecule has 3 N–H and O–H groups in total. The molecule has 0 aromatic rings. The molecule has 0 saturated carbocycles. The second-order valence-electron chi connectivity index (χ2n) is 14.6. The van der Waals surface area contributed by atoms with Gasteiger partial charge in [-0.2, -0.15) is 0 Å². The van der Waals surface area contributed by atoms with E-state index in [1.54, 1.807) is 0 Å². The topological polar surface area (TPSA) is 134 Å². The van der Waals surface area contributed by atoms with Crippen molar-refractivity contribution in [3.05, 3.63) is 48.6 Å². The van der Waals surface area contributed by atoms with Gasteiger partial charge in [0.25, 0.3) is 0 Å². The van der Waals surface area contributed by atoms with Crippen molar-refractivity contribution in [2.45, 2.75) is 200 Å². The van der Waals surface area contributed by atoms with Gasteiger partial charge in [0.2, 0.25) is 0 Å². The lowest BCUT2D eigenvalue weighted by atomic mass is 10.1. The zero-order valence-corrected chi connectivity index (χ0v) is 36.0. The molecule has 0 radical (unpaired) electrons. The predicted octanol–water partition coefficient (Wildman–Crippen LogP) is 12.7. The number of hydrogen-bond donors (Lipinski definition) is 2. The Bertz CT molecular complexity index is 1040. The number of hydrogen-bond acceptors (Lipinski definition) is 8. The summed E-state index contributed by atoms with van der Waals surface area (Å²) in [4.78, 5) is 34.8. The Labute approximate surface area is 336 Å². The highest BCUT2D eigenvalue weighted by Crippen LogP contribution is 2.43. The van der Waals surface area contributed by atoms with E-state index in [9.17, 15) is 19.0 Å². The molecular weight excluding hydrogens is 713 g/mol. The highest BCUT2D eigenvalue weighted by Gasteiger charge is 2.26.